The Bertz CT molecular complexity index is 269. The Kier molecular flexibility index (Phi) is 2.61. The zero-order valence-electron chi connectivity index (χ0n) is 7.15. The number of aryl methyl sites for hydroxylation is 3. The number of hydrogen-bond acceptors (Lipinski definition) is 0. The van der Waals surface area contributed by atoms with E-state index < -0.39 is 0 Å². The SMILES string of the molecule is Cc1cc(C)c([NH+]=[AsH])c(C)c1. The van der Waals surface area contributed by atoms with Crippen LogP contribution in [0.3, 0.4) is 0 Å². The molecule has 0 bridgehead atoms. The van der Waals surface area contributed by atoms with Gasteiger partial charge in [-0.3, -0.25) is 0 Å². The maximum atomic E-state index is 3.19. The topological polar surface area (TPSA) is 14.0 Å². The Hall–Kier alpha value is -0.422. The number of rotatable bonds is 1. The van der Waals surface area contributed by atoms with Gasteiger partial charge in [-0.05, 0) is 0 Å². The van der Waals surface area contributed by atoms with E-state index in [1.165, 1.54) is 22.4 Å². The molecular weight excluding hydrogens is 197 g/mol. The van der Waals surface area contributed by atoms with Crippen molar-refractivity contribution in [3.63, 3.8) is 0 Å². The maximum absolute atomic E-state index is 3.19. The van der Waals surface area contributed by atoms with E-state index >= 15 is 0 Å². The molecule has 0 atom stereocenters. The van der Waals surface area contributed by atoms with Crippen LogP contribution in [0.1, 0.15) is 16.7 Å². The van der Waals surface area contributed by atoms with Crippen LogP contribution in [0.15, 0.2) is 12.1 Å². The monoisotopic (exact) mass is 210 g/mol. The van der Waals surface area contributed by atoms with Crippen molar-refractivity contribution in [3.05, 3.63) is 28.8 Å². The predicted octanol–water partition coefficient (Wildman–Crippen LogP) is 0.408. The van der Waals surface area contributed by atoms with Gasteiger partial charge in [-0.1, -0.05) is 0 Å². The van der Waals surface area contributed by atoms with Gasteiger partial charge in [-0.15, -0.1) is 0 Å². The van der Waals surface area contributed by atoms with Crippen LogP contribution < -0.4 is 3.86 Å². The summed E-state index contributed by atoms with van der Waals surface area (Å²) in [5, 5.41) is 0. The Balaban J connectivity index is 3.36. The molecule has 0 fully saturated rings. The third-order valence-electron chi connectivity index (χ3n) is 1.80. The molecule has 1 nitrogen and oxygen atoms in total. The first kappa shape index (κ1) is 8.67. The summed E-state index contributed by atoms with van der Waals surface area (Å²) in [6.45, 7) is 6.39. The van der Waals surface area contributed by atoms with E-state index in [0.717, 1.165) is 0 Å². The molecule has 0 saturated heterocycles. The summed E-state index contributed by atoms with van der Waals surface area (Å²) in [6, 6.07) is 4.39. The van der Waals surface area contributed by atoms with Gasteiger partial charge in [0.25, 0.3) is 0 Å². The summed E-state index contributed by atoms with van der Waals surface area (Å²) >= 11 is 1.96. The first-order valence-electron chi connectivity index (χ1n) is 3.65. The average molecular weight is 210 g/mol. The van der Waals surface area contributed by atoms with E-state index in [0.29, 0.717) is 0 Å². The molecule has 0 aliphatic rings. The molecule has 0 spiro atoms. The molecule has 0 amide bonds. The van der Waals surface area contributed by atoms with E-state index in [-0.39, 0.29) is 0 Å². The van der Waals surface area contributed by atoms with E-state index in [9.17, 15) is 0 Å². The third-order valence-corrected chi connectivity index (χ3v) is 2.33. The van der Waals surface area contributed by atoms with Gasteiger partial charge in [0.15, 0.2) is 0 Å². The quantitative estimate of drug-likeness (QED) is 0.645. The van der Waals surface area contributed by atoms with Gasteiger partial charge in [0, 0.05) is 0 Å². The normalized spacial score (nSPS) is 9.73. The summed E-state index contributed by atoms with van der Waals surface area (Å²) in [6.07, 6.45) is 0. The molecule has 0 saturated carbocycles. The Morgan fingerprint density at radius 2 is 1.55 bits per heavy atom. The van der Waals surface area contributed by atoms with Gasteiger partial charge in [0.2, 0.25) is 0 Å². The van der Waals surface area contributed by atoms with Crippen molar-refractivity contribution in [2.75, 3.05) is 0 Å². The Morgan fingerprint density at radius 3 is 1.91 bits per heavy atom. The van der Waals surface area contributed by atoms with E-state index in [1.807, 2.05) is 16.7 Å². The molecule has 1 N–H and O–H groups in total. The molecule has 1 aromatic rings. The number of nitrogens with one attached hydrogen (secondary N) is 1. The molecule has 0 heterocycles. The van der Waals surface area contributed by atoms with Crippen LogP contribution in [0.2, 0.25) is 0 Å². The van der Waals surface area contributed by atoms with Gasteiger partial charge >= 0.3 is 75.8 Å². The van der Waals surface area contributed by atoms with Crippen LogP contribution in [-0.2, 0) is 0 Å². The Labute approximate surface area is 76.1 Å². The molecule has 1 aromatic carbocycles. The first-order chi connectivity index (χ1) is 5.15. The molecule has 0 aromatic heterocycles. The van der Waals surface area contributed by atoms with Crippen molar-refractivity contribution in [3.8, 4) is 0 Å². The Morgan fingerprint density at radius 1 is 1.09 bits per heavy atom. The molecular formula is C9H13AsN+. The van der Waals surface area contributed by atoms with Crippen molar-refractivity contribution < 1.29 is 3.86 Å². The summed E-state index contributed by atoms with van der Waals surface area (Å²) in [5.74, 6) is 0. The number of hydrogen-bond donors (Lipinski definition) is 1. The van der Waals surface area contributed by atoms with Gasteiger partial charge in [-0.2, -0.15) is 0 Å². The van der Waals surface area contributed by atoms with E-state index in [4.69, 9.17) is 0 Å². The molecule has 58 valence electrons. The molecule has 0 aliphatic heterocycles. The average Bonchev–Trinajstić information content (AvgIpc) is 1.85. The fraction of sp³-hybridized carbons (Fsp3) is 0.333. The molecule has 0 aliphatic carbocycles. The second kappa shape index (κ2) is 3.32. The van der Waals surface area contributed by atoms with Crippen LogP contribution in [0.25, 0.3) is 0 Å². The van der Waals surface area contributed by atoms with Crippen molar-refractivity contribution in [2.45, 2.75) is 20.8 Å². The van der Waals surface area contributed by atoms with Crippen molar-refractivity contribution in [1.29, 1.82) is 0 Å². The van der Waals surface area contributed by atoms with E-state index in [2.05, 4.69) is 36.8 Å². The number of benzene rings is 1. The summed E-state index contributed by atoms with van der Waals surface area (Å²) in [5.41, 5.74) is 5.24. The standard InChI is InChI=1S/C9H12AsN/c1-6-4-7(2)9(11-10)8(3)5-6/h4-5,10H,1-3H3/p+1. The summed E-state index contributed by atoms with van der Waals surface area (Å²) in [7, 11) is 0. The third kappa shape index (κ3) is 1.78. The molecule has 11 heavy (non-hydrogen) atoms. The van der Waals surface area contributed by atoms with Gasteiger partial charge < -0.3 is 0 Å². The molecule has 1 rings (SSSR count). The van der Waals surface area contributed by atoms with Crippen molar-refractivity contribution in [1.82, 2.24) is 0 Å². The van der Waals surface area contributed by atoms with Crippen LogP contribution >= 0.6 is 0 Å². The first-order valence-corrected chi connectivity index (χ1v) is 4.70. The zero-order chi connectivity index (χ0) is 8.43. The van der Waals surface area contributed by atoms with Crippen LogP contribution in [0.4, 0.5) is 5.69 Å². The molecule has 2 heteroatoms. The minimum atomic E-state index is 1.26. The second-order valence-corrected chi connectivity index (χ2v) is 3.42. The van der Waals surface area contributed by atoms with Crippen molar-refractivity contribution >= 4 is 22.3 Å². The molecule has 0 radical (unpaired) electrons. The summed E-state index contributed by atoms with van der Waals surface area (Å²) in [4.78, 5) is 0. The van der Waals surface area contributed by atoms with E-state index in [1.54, 1.807) is 0 Å². The van der Waals surface area contributed by atoms with Gasteiger partial charge in [0.1, 0.15) is 0 Å². The van der Waals surface area contributed by atoms with Crippen LogP contribution in [-0.4, -0.2) is 16.7 Å². The second-order valence-electron chi connectivity index (χ2n) is 2.90. The molecule has 0 unspecified atom stereocenters. The van der Waals surface area contributed by atoms with Crippen molar-refractivity contribution in [2.24, 2.45) is 0 Å². The summed E-state index contributed by atoms with van der Waals surface area (Å²) < 4.78 is 3.19. The predicted molar refractivity (Wildman–Crippen MR) is 48.4 cm³/mol. The zero-order valence-corrected chi connectivity index (χ0v) is 9.25. The fourth-order valence-electron chi connectivity index (χ4n) is 1.38. The van der Waals surface area contributed by atoms with Gasteiger partial charge in [-0.25, -0.2) is 0 Å². The van der Waals surface area contributed by atoms with Crippen LogP contribution in [0, 0.1) is 20.8 Å². The van der Waals surface area contributed by atoms with Crippen LogP contribution in [0.5, 0.6) is 0 Å². The fourth-order valence-corrected chi connectivity index (χ4v) is 2.20. The minimum absolute atomic E-state index is 1.26. The van der Waals surface area contributed by atoms with Gasteiger partial charge in [0.05, 0.1) is 0 Å².